The Balaban J connectivity index is 1.40. The van der Waals surface area contributed by atoms with Gasteiger partial charge in [0.2, 0.25) is 5.91 Å². The second-order valence-corrected chi connectivity index (χ2v) is 9.67. The molecule has 1 N–H and O–H groups in total. The lowest BCUT2D eigenvalue weighted by Crippen LogP contribution is -2.44. The number of sulfone groups is 1. The van der Waals surface area contributed by atoms with E-state index in [1.54, 1.807) is 30.3 Å². The highest BCUT2D eigenvalue weighted by atomic mass is 35.5. The molecule has 2 aromatic rings. The van der Waals surface area contributed by atoms with Crippen LogP contribution in [0.25, 0.3) is 0 Å². The van der Waals surface area contributed by atoms with Gasteiger partial charge in [0.1, 0.15) is 0 Å². The molecule has 0 aromatic heterocycles. The van der Waals surface area contributed by atoms with Crippen molar-refractivity contribution in [1.29, 1.82) is 0 Å². The van der Waals surface area contributed by atoms with Gasteiger partial charge in [-0.15, -0.1) is 0 Å². The highest BCUT2D eigenvalue weighted by Gasteiger charge is 2.22. The Morgan fingerprint density at radius 3 is 2.32 bits per heavy atom. The zero-order valence-corrected chi connectivity index (χ0v) is 17.3. The Hall–Kier alpha value is -1.89. The number of nitrogens with one attached hydrogen (secondary N) is 1. The lowest BCUT2D eigenvalue weighted by Gasteiger charge is -2.32. The van der Waals surface area contributed by atoms with Crippen LogP contribution < -0.4 is 5.32 Å². The summed E-state index contributed by atoms with van der Waals surface area (Å²) in [5.74, 6) is -0.367. The Kier molecular flexibility index (Phi) is 7.10. The zero-order chi connectivity index (χ0) is 20.0. The predicted molar refractivity (Wildman–Crippen MR) is 111 cm³/mol. The molecule has 0 aliphatic carbocycles. The van der Waals surface area contributed by atoms with Crippen LogP contribution >= 0.6 is 11.6 Å². The van der Waals surface area contributed by atoms with Crippen LogP contribution in [0, 0.1) is 0 Å². The fraction of sp³-hybridized carbons (Fsp3) is 0.381. The third kappa shape index (κ3) is 6.06. The van der Waals surface area contributed by atoms with Crippen molar-refractivity contribution in [2.24, 2.45) is 0 Å². The SMILES string of the molecule is O=C(CCS(=O)(=O)c1ccccc1)NC1CCN(Cc2ccc(Cl)cc2)CC1. The van der Waals surface area contributed by atoms with Crippen LogP contribution in [0.2, 0.25) is 5.02 Å². The minimum Gasteiger partial charge on any atom is -0.353 e. The van der Waals surface area contributed by atoms with Gasteiger partial charge in [-0.2, -0.15) is 0 Å². The van der Waals surface area contributed by atoms with E-state index in [0.29, 0.717) is 0 Å². The monoisotopic (exact) mass is 420 g/mol. The molecule has 1 saturated heterocycles. The van der Waals surface area contributed by atoms with Crippen molar-refractivity contribution in [3.63, 3.8) is 0 Å². The van der Waals surface area contributed by atoms with E-state index in [2.05, 4.69) is 10.2 Å². The van der Waals surface area contributed by atoms with Gasteiger partial charge in [0.25, 0.3) is 0 Å². The van der Waals surface area contributed by atoms with Crippen molar-refractivity contribution in [2.75, 3.05) is 18.8 Å². The van der Waals surface area contributed by atoms with Crippen LogP contribution in [0.4, 0.5) is 0 Å². The number of amides is 1. The van der Waals surface area contributed by atoms with Crippen molar-refractivity contribution in [3.05, 3.63) is 65.2 Å². The lowest BCUT2D eigenvalue weighted by molar-refractivity contribution is -0.121. The standard InChI is InChI=1S/C21H25ClN2O3S/c22-18-8-6-17(7-9-18)16-24-13-10-19(11-14-24)23-21(25)12-15-28(26,27)20-4-2-1-3-5-20/h1-9,19H,10-16H2,(H,23,25). The van der Waals surface area contributed by atoms with Crippen molar-refractivity contribution in [3.8, 4) is 0 Å². The van der Waals surface area contributed by atoms with Crippen molar-refractivity contribution < 1.29 is 13.2 Å². The molecule has 0 atom stereocenters. The number of piperidine rings is 1. The van der Waals surface area contributed by atoms with Gasteiger partial charge < -0.3 is 5.32 Å². The Labute approximate surface area is 171 Å². The molecule has 0 saturated carbocycles. The quantitative estimate of drug-likeness (QED) is 0.746. The minimum atomic E-state index is -3.42. The smallest absolute Gasteiger partial charge is 0.221 e. The molecular weight excluding hydrogens is 396 g/mol. The molecule has 0 unspecified atom stereocenters. The third-order valence-corrected chi connectivity index (χ3v) is 6.96. The number of hydrogen-bond donors (Lipinski definition) is 1. The summed E-state index contributed by atoms with van der Waals surface area (Å²) >= 11 is 5.92. The summed E-state index contributed by atoms with van der Waals surface area (Å²) in [6.07, 6.45) is 1.72. The fourth-order valence-electron chi connectivity index (χ4n) is 3.36. The first-order valence-electron chi connectivity index (χ1n) is 9.46. The van der Waals surface area contributed by atoms with Crippen molar-refractivity contribution in [2.45, 2.75) is 36.7 Å². The van der Waals surface area contributed by atoms with E-state index in [9.17, 15) is 13.2 Å². The Bertz CT molecular complexity index is 878. The number of likely N-dealkylation sites (tertiary alicyclic amines) is 1. The largest absolute Gasteiger partial charge is 0.353 e. The van der Waals surface area contributed by atoms with Gasteiger partial charge in [0, 0.05) is 37.1 Å². The molecule has 1 fully saturated rings. The van der Waals surface area contributed by atoms with Crippen LogP contribution in [-0.4, -0.2) is 44.1 Å². The number of rotatable bonds is 7. The molecule has 0 spiro atoms. The van der Waals surface area contributed by atoms with Crippen LogP contribution in [-0.2, 0) is 21.2 Å². The van der Waals surface area contributed by atoms with E-state index in [-0.39, 0.29) is 29.0 Å². The van der Waals surface area contributed by atoms with E-state index < -0.39 is 9.84 Å². The van der Waals surface area contributed by atoms with Gasteiger partial charge in [-0.05, 0) is 42.7 Å². The molecular formula is C21H25ClN2O3S. The van der Waals surface area contributed by atoms with Crippen LogP contribution in [0.1, 0.15) is 24.8 Å². The summed E-state index contributed by atoms with van der Waals surface area (Å²) in [6.45, 7) is 2.67. The van der Waals surface area contributed by atoms with Gasteiger partial charge in [0.15, 0.2) is 9.84 Å². The number of hydrogen-bond acceptors (Lipinski definition) is 4. The first kappa shape index (κ1) is 20.8. The van der Waals surface area contributed by atoms with E-state index in [0.717, 1.165) is 37.5 Å². The topological polar surface area (TPSA) is 66.5 Å². The maximum atomic E-state index is 12.3. The van der Waals surface area contributed by atoms with Gasteiger partial charge >= 0.3 is 0 Å². The van der Waals surface area contributed by atoms with Gasteiger partial charge in [-0.1, -0.05) is 41.9 Å². The molecule has 0 radical (unpaired) electrons. The van der Waals surface area contributed by atoms with Crippen molar-refractivity contribution >= 4 is 27.3 Å². The first-order chi connectivity index (χ1) is 13.4. The van der Waals surface area contributed by atoms with Crippen molar-refractivity contribution in [1.82, 2.24) is 10.2 Å². The van der Waals surface area contributed by atoms with E-state index in [4.69, 9.17) is 11.6 Å². The summed E-state index contributed by atoms with van der Waals surface area (Å²) in [5.41, 5.74) is 1.22. The van der Waals surface area contributed by atoms with Crippen LogP contribution in [0.3, 0.4) is 0 Å². The second-order valence-electron chi connectivity index (χ2n) is 7.13. The summed E-state index contributed by atoms with van der Waals surface area (Å²) in [6, 6.07) is 16.2. The maximum Gasteiger partial charge on any atom is 0.221 e. The molecule has 150 valence electrons. The fourth-order valence-corrected chi connectivity index (χ4v) is 4.74. The van der Waals surface area contributed by atoms with Gasteiger partial charge in [-0.3, -0.25) is 9.69 Å². The van der Waals surface area contributed by atoms with Crippen LogP contribution in [0.5, 0.6) is 0 Å². The summed E-state index contributed by atoms with van der Waals surface area (Å²) in [4.78, 5) is 14.8. The highest BCUT2D eigenvalue weighted by molar-refractivity contribution is 7.91. The highest BCUT2D eigenvalue weighted by Crippen LogP contribution is 2.16. The Morgan fingerprint density at radius 1 is 1.04 bits per heavy atom. The van der Waals surface area contributed by atoms with Gasteiger partial charge in [0.05, 0.1) is 10.6 Å². The molecule has 1 aliphatic heterocycles. The number of carbonyl (C=O) groups is 1. The molecule has 1 heterocycles. The molecule has 28 heavy (non-hydrogen) atoms. The number of benzene rings is 2. The van der Waals surface area contributed by atoms with Gasteiger partial charge in [-0.25, -0.2) is 8.42 Å². The normalized spacial score (nSPS) is 16.0. The van der Waals surface area contributed by atoms with E-state index in [1.165, 1.54) is 5.56 Å². The minimum absolute atomic E-state index is 0.0117. The molecule has 7 heteroatoms. The first-order valence-corrected chi connectivity index (χ1v) is 11.5. The Morgan fingerprint density at radius 2 is 1.68 bits per heavy atom. The average molecular weight is 421 g/mol. The second kappa shape index (κ2) is 9.54. The maximum absolute atomic E-state index is 12.3. The molecule has 5 nitrogen and oxygen atoms in total. The number of nitrogens with zero attached hydrogens (tertiary/aromatic N) is 1. The molecule has 3 rings (SSSR count). The van der Waals surface area contributed by atoms with Crippen LogP contribution in [0.15, 0.2) is 59.5 Å². The third-order valence-electron chi connectivity index (χ3n) is 4.97. The molecule has 2 aromatic carbocycles. The number of carbonyl (C=O) groups excluding carboxylic acids is 1. The summed E-state index contributed by atoms with van der Waals surface area (Å²) < 4.78 is 24.5. The number of halogens is 1. The predicted octanol–water partition coefficient (Wildman–Crippen LogP) is 3.28. The lowest BCUT2D eigenvalue weighted by atomic mass is 10.0. The molecule has 0 bridgehead atoms. The average Bonchev–Trinajstić information content (AvgIpc) is 2.70. The summed E-state index contributed by atoms with van der Waals surface area (Å²) in [5, 5.41) is 3.72. The molecule has 1 aliphatic rings. The van der Waals surface area contributed by atoms with E-state index >= 15 is 0 Å². The summed E-state index contributed by atoms with van der Waals surface area (Å²) in [7, 11) is -3.42. The van der Waals surface area contributed by atoms with E-state index in [1.807, 2.05) is 24.3 Å². The molecule has 1 amide bonds. The zero-order valence-electron chi connectivity index (χ0n) is 15.7.